The van der Waals surface area contributed by atoms with E-state index in [-0.39, 0.29) is 17.9 Å². The highest BCUT2D eigenvalue weighted by atomic mass is 32.2. The summed E-state index contributed by atoms with van der Waals surface area (Å²) >= 11 is 6.05. The predicted octanol–water partition coefficient (Wildman–Crippen LogP) is 1.32. The standard InChI is InChI=1S/C11H21NO2S2/c13-5-1-6-16-7-4-12-10(14)8-11(9-15)2-3-11/h13,15H,1-9H2,(H,12,14). The van der Waals surface area contributed by atoms with Crippen molar-refractivity contribution >= 4 is 30.3 Å². The van der Waals surface area contributed by atoms with E-state index in [0.29, 0.717) is 6.42 Å². The minimum Gasteiger partial charge on any atom is -0.396 e. The molecular weight excluding hydrogens is 242 g/mol. The molecule has 1 saturated carbocycles. The number of aliphatic hydroxyl groups is 1. The number of thiol groups is 1. The Kier molecular flexibility index (Phi) is 6.61. The number of thioether (sulfide) groups is 1. The molecule has 16 heavy (non-hydrogen) atoms. The summed E-state index contributed by atoms with van der Waals surface area (Å²) in [5.74, 6) is 2.88. The van der Waals surface area contributed by atoms with Crippen LogP contribution >= 0.6 is 24.4 Å². The smallest absolute Gasteiger partial charge is 0.220 e. The molecule has 3 nitrogen and oxygen atoms in total. The van der Waals surface area contributed by atoms with Gasteiger partial charge in [0, 0.05) is 25.3 Å². The first kappa shape index (κ1) is 14.2. The van der Waals surface area contributed by atoms with E-state index in [4.69, 9.17) is 5.11 Å². The van der Waals surface area contributed by atoms with Gasteiger partial charge in [0.25, 0.3) is 0 Å². The first-order valence-corrected chi connectivity index (χ1v) is 7.57. The van der Waals surface area contributed by atoms with Crippen LogP contribution in [0.4, 0.5) is 0 Å². The van der Waals surface area contributed by atoms with E-state index in [2.05, 4.69) is 17.9 Å². The fraction of sp³-hybridized carbons (Fsp3) is 0.909. The van der Waals surface area contributed by atoms with Crippen molar-refractivity contribution in [2.24, 2.45) is 5.41 Å². The maximum atomic E-state index is 11.6. The molecule has 0 saturated heterocycles. The lowest BCUT2D eigenvalue weighted by Gasteiger charge is -2.11. The van der Waals surface area contributed by atoms with Gasteiger partial charge in [0.15, 0.2) is 0 Å². The third-order valence-electron chi connectivity index (χ3n) is 2.84. The molecule has 1 rings (SSSR count). The van der Waals surface area contributed by atoms with Crippen molar-refractivity contribution in [1.29, 1.82) is 0 Å². The first-order chi connectivity index (χ1) is 7.72. The average molecular weight is 263 g/mol. The van der Waals surface area contributed by atoms with E-state index < -0.39 is 0 Å². The zero-order valence-electron chi connectivity index (χ0n) is 9.57. The molecule has 1 aliphatic carbocycles. The quantitative estimate of drug-likeness (QED) is 0.434. The molecule has 94 valence electrons. The van der Waals surface area contributed by atoms with Gasteiger partial charge in [0.05, 0.1) is 0 Å². The molecule has 0 spiro atoms. The van der Waals surface area contributed by atoms with Crippen LogP contribution in [-0.4, -0.2) is 41.4 Å². The molecule has 1 aliphatic rings. The summed E-state index contributed by atoms with van der Waals surface area (Å²) in [6.45, 7) is 0.988. The fourth-order valence-corrected chi connectivity index (χ4v) is 2.71. The molecule has 0 unspecified atom stereocenters. The zero-order chi connectivity index (χ0) is 11.9. The Balaban J connectivity index is 1.94. The lowest BCUT2D eigenvalue weighted by molar-refractivity contribution is -0.121. The Morgan fingerprint density at radius 3 is 2.75 bits per heavy atom. The van der Waals surface area contributed by atoms with Gasteiger partial charge in [-0.1, -0.05) is 0 Å². The van der Waals surface area contributed by atoms with Crippen LogP contribution in [0.15, 0.2) is 0 Å². The molecule has 2 N–H and O–H groups in total. The van der Waals surface area contributed by atoms with Gasteiger partial charge in [-0.15, -0.1) is 0 Å². The van der Waals surface area contributed by atoms with Crippen molar-refractivity contribution in [1.82, 2.24) is 5.32 Å². The van der Waals surface area contributed by atoms with Crippen molar-refractivity contribution in [3.8, 4) is 0 Å². The van der Waals surface area contributed by atoms with Gasteiger partial charge in [0.2, 0.25) is 5.91 Å². The van der Waals surface area contributed by atoms with Crippen LogP contribution in [0.3, 0.4) is 0 Å². The van der Waals surface area contributed by atoms with Crippen LogP contribution in [0.1, 0.15) is 25.7 Å². The lowest BCUT2D eigenvalue weighted by atomic mass is 10.1. The van der Waals surface area contributed by atoms with Crippen LogP contribution in [-0.2, 0) is 4.79 Å². The summed E-state index contributed by atoms with van der Waals surface area (Å²) in [5, 5.41) is 11.5. The molecular formula is C11H21NO2S2. The molecule has 0 heterocycles. The number of rotatable bonds is 9. The third-order valence-corrected chi connectivity index (χ3v) is 4.58. The highest BCUT2D eigenvalue weighted by Crippen LogP contribution is 2.49. The Morgan fingerprint density at radius 2 is 2.19 bits per heavy atom. The predicted molar refractivity (Wildman–Crippen MR) is 72.2 cm³/mol. The van der Waals surface area contributed by atoms with Gasteiger partial charge < -0.3 is 10.4 Å². The molecule has 0 radical (unpaired) electrons. The Bertz CT molecular complexity index is 220. The molecule has 0 aliphatic heterocycles. The summed E-state index contributed by atoms with van der Waals surface area (Å²) in [7, 11) is 0. The van der Waals surface area contributed by atoms with Gasteiger partial charge >= 0.3 is 0 Å². The van der Waals surface area contributed by atoms with E-state index in [1.54, 1.807) is 11.8 Å². The van der Waals surface area contributed by atoms with Crippen LogP contribution in [0, 0.1) is 5.41 Å². The second-order valence-corrected chi connectivity index (χ2v) is 5.92. The largest absolute Gasteiger partial charge is 0.396 e. The van der Waals surface area contributed by atoms with Crippen molar-refractivity contribution in [2.75, 3.05) is 30.4 Å². The third kappa shape index (κ3) is 5.46. The monoisotopic (exact) mass is 263 g/mol. The first-order valence-electron chi connectivity index (χ1n) is 5.79. The lowest BCUT2D eigenvalue weighted by Crippen LogP contribution is -2.28. The fourth-order valence-electron chi connectivity index (χ4n) is 1.50. The maximum Gasteiger partial charge on any atom is 0.220 e. The van der Waals surface area contributed by atoms with Gasteiger partial charge in [-0.05, 0) is 36.2 Å². The zero-order valence-corrected chi connectivity index (χ0v) is 11.3. The number of amides is 1. The molecule has 0 bridgehead atoms. The van der Waals surface area contributed by atoms with E-state index in [9.17, 15) is 4.79 Å². The van der Waals surface area contributed by atoms with Crippen molar-refractivity contribution in [2.45, 2.75) is 25.7 Å². The minimum absolute atomic E-state index is 0.161. The number of carbonyl (C=O) groups is 1. The molecule has 0 aromatic rings. The van der Waals surface area contributed by atoms with Gasteiger partial charge in [0.1, 0.15) is 0 Å². The van der Waals surface area contributed by atoms with E-state index in [1.165, 1.54) is 0 Å². The Hall–Kier alpha value is 0.130. The molecule has 0 atom stereocenters. The Labute approximate surface area is 107 Å². The topological polar surface area (TPSA) is 49.3 Å². The highest BCUT2D eigenvalue weighted by molar-refractivity contribution is 7.99. The highest BCUT2D eigenvalue weighted by Gasteiger charge is 2.42. The van der Waals surface area contributed by atoms with Crippen molar-refractivity contribution < 1.29 is 9.90 Å². The van der Waals surface area contributed by atoms with Gasteiger partial charge in [-0.25, -0.2) is 0 Å². The molecule has 1 amide bonds. The number of hydrogen-bond acceptors (Lipinski definition) is 4. The van der Waals surface area contributed by atoms with Crippen molar-refractivity contribution in [3.63, 3.8) is 0 Å². The number of hydrogen-bond donors (Lipinski definition) is 3. The van der Waals surface area contributed by atoms with Crippen LogP contribution in [0.25, 0.3) is 0 Å². The van der Waals surface area contributed by atoms with E-state index >= 15 is 0 Å². The van der Waals surface area contributed by atoms with E-state index in [1.807, 2.05) is 0 Å². The van der Waals surface area contributed by atoms with E-state index in [0.717, 1.165) is 43.1 Å². The summed E-state index contributed by atoms with van der Waals surface area (Å²) in [6.07, 6.45) is 3.77. The second kappa shape index (κ2) is 7.45. The average Bonchev–Trinajstić information content (AvgIpc) is 3.04. The SMILES string of the molecule is O=C(CC1(CS)CC1)NCCSCCCO. The summed E-state index contributed by atoms with van der Waals surface area (Å²) in [5.41, 5.74) is 0.219. The number of carbonyl (C=O) groups excluding carboxylic acids is 1. The molecule has 0 aromatic heterocycles. The minimum atomic E-state index is 0.161. The van der Waals surface area contributed by atoms with Crippen molar-refractivity contribution in [3.05, 3.63) is 0 Å². The van der Waals surface area contributed by atoms with Crippen LogP contribution in [0.2, 0.25) is 0 Å². The molecule has 1 fully saturated rings. The summed E-state index contributed by atoms with van der Waals surface area (Å²) in [6, 6.07) is 0. The maximum absolute atomic E-state index is 11.6. The number of aliphatic hydroxyl groups excluding tert-OH is 1. The molecule has 0 aromatic carbocycles. The Morgan fingerprint density at radius 1 is 1.44 bits per heavy atom. The van der Waals surface area contributed by atoms with Gasteiger partial charge in [-0.3, -0.25) is 4.79 Å². The van der Waals surface area contributed by atoms with Gasteiger partial charge in [-0.2, -0.15) is 24.4 Å². The second-order valence-electron chi connectivity index (χ2n) is 4.37. The number of nitrogens with one attached hydrogen (secondary N) is 1. The normalized spacial score (nSPS) is 17.1. The summed E-state index contributed by atoms with van der Waals surface area (Å²) < 4.78 is 0. The van der Waals surface area contributed by atoms with Crippen LogP contribution in [0.5, 0.6) is 0 Å². The molecule has 5 heteroatoms. The summed E-state index contributed by atoms with van der Waals surface area (Å²) in [4.78, 5) is 11.6. The van der Waals surface area contributed by atoms with Crippen LogP contribution < -0.4 is 5.32 Å².